The predicted molar refractivity (Wildman–Crippen MR) is 110 cm³/mol. The molecule has 4 heterocycles. The first-order valence-corrected chi connectivity index (χ1v) is 9.75. The number of benzene rings is 1. The second-order valence-electron chi connectivity index (χ2n) is 7.82. The number of imidazole rings is 1. The number of aromatic nitrogens is 4. The fraction of sp³-hybridized carbons (Fsp3) is 0.333. The lowest BCUT2D eigenvalue weighted by Crippen LogP contribution is -2.67. The van der Waals surface area contributed by atoms with Gasteiger partial charge in [-0.15, -0.1) is 0 Å². The van der Waals surface area contributed by atoms with E-state index < -0.39 is 0 Å². The molecule has 1 N–H and O–H groups in total. The Balaban J connectivity index is 1.29. The Kier molecular flexibility index (Phi) is 4.18. The summed E-state index contributed by atoms with van der Waals surface area (Å²) in [5.74, 6) is 1.22. The molecule has 146 valence electrons. The summed E-state index contributed by atoms with van der Waals surface area (Å²) in [4.78, 5) is 17.6. The summed E-state index contributed by atoms with van der Waals surface area (Å²) in [5, 5.41) is 11.9. The third kappa shape index (κ3) is 3.19. The SMILES string of the molecule is CN1CCCC12CN(c1cccc(-n3cnc(Nc4cnc(C#N)cn4)c3)c1)C2. The molecule has 5 rings (SSSR count). The van der Waals surface area contributed by atoms with E-state index >= 15 is 0 Å². The Morgan fingerprint density at radius 1 is 1.10 bits per heavy atom. The predicted octanol–water partition coefficient (Wildman–Crippen LogP) is 2.56. The van der Waals surface area contributed by atoms with Crippen LogP contribution >= 0.6 is 0 Å². The van der Waals surface area contributed by atoms with Crippen molar-refractivity contribution in [1.82, 2.24) is 24.4 Å². The van der Waals surface area contributed by atoms with Crippen molar-refractivity contribution in [3.63, 3.8) is 0 Å². The van der Waals surface area contributed by atoms with E-state index in [1.807, 2.05) is 16.8 Å². The number of rotatable bonds is 4. The minimum atomic E-state index is 0.287. The molecule has 2 aliphatic heterocycles. The monoisotopic (exact) mass is 386 g/mol. The number of likely N-dealkylation sites (N-methyl/N-ethyl adjacent to an activating group) is 1. The van der Waals surface area contributed by atoms with Crippen molar-refractivity contribution in [2.24, 2.45) is 0 Å². The van der Waals surface area contributed by atoms with Gasteiger partial charge in [0.2, 0.25) is 0 Å². The third-order valence-corrected chi connectivity index (χ3v) is 6.01. The highest BCUT2D eigenvalue weighted by Gasteiger charge is 2.48. The molecule has 1 spiro atoms. The molecule has 2 fully saturated rings. The quantitative estimate of drug-likeness (QED) is 0.737. The van der Waals surface area contributed by atoms with Crippen molar-refractivity contribution in [3.05, 3.63) is 54.9 Å². The number of nitrogens with zero attached hydrogens (tertiary/aromatic N) is 7. The molecule has 0 radical (unpaired) electrons. The van der Waals surface area contributed by atoms with Crippen molar-refractivity contribution < 1.29 is 0 Å². The van der Waals surface area contributed by atoms with Crippen LogP contribution in [0, 0.1) is 11.3 Å². The zero-order valence-corrected chi connectivity index (χ0v) is 16.3. The first kappa shape index (κ1) is 17.6. The normalized spacial score (nSPS) is 17.9. The number of hydrogen-bond acceptors (Lipinski definition) is 7. The van der Waals surface area contributed by atoms with Gasteiger partial charge >= 0.3 is 0 Å². The van der Waals surface area contributed by atoms with E-state index in [9.17, 15) is 0 Å². The molecule has 8 nitrogen and oxygen atoms in total. The van der Waals surface area contributed by atoms with Crippen LogP contribution in [0.5, 0.6) is 0 Å². The van der Waals surface area contributed by atoms with Crippen LogP contribution < -0.4 is 10.2 Å². The molecule has 29 heavy (non-hydrogen) atoms. The first-order chi connectivity index (χ1) is 14.1. The zero-order chi connectivity index (χ0) is 19.8. The molecule has 8 heteroatoms. The maximum Gasteiger partial charge on any atom is 0.158 e. The summed E-state index contributed by atoms with van der Waals surface area (Å²) in [7, 11) is 2.25. The van der Waals surface area contributed by atoms with Crippen LogP contribution in [0.4, 0.5) is 17.3 Å². The summed E-state index contributed by atoms with van der Waals surface area (Å²) >= 11 is 0. The summed E-state index contributed by atoms with van der Waals surface area (Å²) in [5.41, 5.74) is 2.98. The van der Waals surface area contributed by atoms with E-state index in [0.717, 1.165) is 18.8 Å². The Labute approximate surface area is 169 Å². The lowest BCUT2D eigenvalue weighted by molar-refractivity contribution is 0.133. The van der Waals surface area contributed by atoms with Gasteiger partial charge in [-0.05, 0) is 44.6 Å². The van der Waals surface area contributed by atoms with Crippen LogP contribution in [-0.4, -0.2) is 56.6 Å². The molecule has 0 atom stereocenters. The Bertz CT molecular complexity index is 1060. The van der Waals surface area contributed by atoms with Gasteiger partial charge in [0.25, 0.3) is 0 Å². The standard InChI is InChI=1S/C21H22N8/c1-27-7-3-6-21(27)13-29(14-21)18-5-2-4-17(8-18)28-12-20(25-15-28)26-19-11-23-16(9-22)10-24-19/h2,4-5,8,10-12,15H,3,6-7,13-14H2,1H3,(H,24,26). The molecule has 2 aliphatic rings. The highest BCUT2D eigenvalue weighted by molar-refractivity contribution is 5.57. The first-order valence-electron chi connectivity index (χ1n) is 9.75. The Hall–Kier alpha value is -3.44. The molecule has 2 saturated heterocycles. The maximum absolute atomic E-state index is 8.81. The molecule has 2 aromatic heterocycles. The van der Waals surface area contributed by atoms with Gasteiger partial charge in [0.1, 0.15) is 24.0 Å². The topological polar surface area (TPSA) is 85.9 Å². The van der Waals surface area contributed by atoms with Gasteiger partial charge in [-0.3, -0.25) is 4.90 Å². The molecule has 0 aliphatic carbocycles. The van der Waals surface area contributed by atoms with Crippen LogP contribution in [0.2, 0.25) is 0 Å². The second kappa shape index (κ2) is 6.87. The minimum absolute atomic E-state index is 0.287. The maximum atomic E-state index is 8.81. The van der Waals surface area contributed by atoms with Crippen LogP contribution in [0.3, 0.4) is 0 Å². The average molecular weight is 386 g/mol. The van der Waals surface area contributed by atoms with E-state index in [4.69, 9.17) is 5.26 Å². The van der Waals surface area contributed by atoms with E-state index in [1.54, 1.807) is 6.33 Å². The minimum Gasteiger partial charge on any atom is -0.368 e. The Morgan fingerprint density at radius 3 is 2.69 bits per heavy atom. The average Bonchev–Trinajstić information content (AvgIpc) is 3.34. The molecule has 0 saturated carbocycles. The lowest BCUT2D eigenvalue weighted by Gasteiger charge is -2.53. The number of anilines is 3. The van der Waals surface area contributed by atoms with Crippen molar-refractivity contribution in [1.29, 1.82) is 5.26 Å². The van der Waals surface area contributed by atoms with Crippen molar-refractivity contribution >= 4 is 17.3 Å². The van der Waals surface area contributed by atoms with E-state index in [0.29, 0.717) is 17.2 Å². The summed E-state index contributed by atoms with van der Waals surface area (Å²) in [6.07, 6.45) is 9.26. The van der Waals surface area contributed by atoms with Gasteiger partial charge in [-0.25, -0.2) is 15.0 Å². The molecule has 3 aromatic rings. The van der Waals surface area contributed by atoms with Crippen LogP contribution in [0.1, 0.15) is 18.5 Å². The molecular formula is C21H22N8. The smallest absolute Gasteiger partial charge is 0.158 e. The fourth-order valence-electron chi connectivity index (χ4n) is 4.28. The number of nitrogens with one attached hydrogen (secondary N) is 1. The Morgan fingerprint density at radius 2 is 1.97 bits per heavy atom. The second-order valence-corrected chi connectivity index (χ2v) is 7.82. The van der Waals surface area contributed by atoms with Gasteiger partial charge in [-0.1, -0.05) is 6.07 Å². The van der Waals surface area contributed by atoms with E-state index in [-0.39, 0.29) is 5.69 Å². The molecule has 1 aromatic carbocycles. The zero-order valence-electron chi connectivity index (χ0n) is 16.3. The molecule has 0 amide bonds. The van der Waals surface area contributed by atoms with Crippen molar-refractivity contribution in [2.45, 2.75) is 18.4 Å². The third-order valence-electron chi connectivity index (χ3n) is 6.01. The number of nitriles is 1. The largest absolute Gasteiger partial charge is 0.368 e. The highest BCUT2D eigenvalue weighted by Crippen LogP contribution is 2.39. The van der Waals surface area contributed by atoms with Crippen LogP contribution in [0.15, 0.2) is 49.2 Å². The molecule has 0 bridgehead atoms. The fourth-order valence-corrected chi connectivity index (χ4v) is 4.28. The van der Waals surface area contributed by atoms with Gasteiger partial charge < -0.3 is 14.8 Å². The summed E-state index contributed by atoms with van der Waals surface area (Å²) in [6.45, 7) is 3.41. The summed E-state index contributed by atoms with van der Waals surface area (Å²) < 4.78 is 1.99. The molecular weight excluding hydrogens is 364 g/mol. The van der Waals surface area contributed by atoms with Gasteiger partial charge in [-0.2, -0.15) is 5.26 Å². The number of likely N-dealkylation sites (tertiary alicyclic amines) is 1. The highest BCUT2D eigenvalue weighted by atomic mass is 15.4. The summed E-state index contributed by atoms with van der Waals surface area (Å²) in [6, 6.07) is 10.5. The van der Waals surface area contributed by atoms with E-state index in [1.165, 1.54) is 37.5 Å². The van der Waals surface area contributed by atoms with Gasteiger partial charge in [0, 0.05) is 24.5 Å². The lowest BCUT2D eigenvalue weighted by atomic mass is 9.86. The van der Waals surface area contributed by atoms with Gasteiger partial charge in [0.05, 0.1) is 24.1 Å². The van der Waals surface area contributed by atoms with Crippen LogP contribution in [-0.2, 0) is 0 Å². The van der Waals surface area contributed by atoms with E-state index in [2.05, 4.69) is 61.4 Å². The van der Waals surface area contributed by atoms with Crippen molar-refractivity contribution in [3.8, 4) is 11.8 Å². The van der Waals surface area contributed by atoms with Gasteiger partial charge in [0.15, 0.2) is 5.69 Å². The van der Waals surface area contributed by atoms with Crippen LogP contribution in [0.25, 0.3) is 5.69 Å². The number of hydrogen-bond donors (Lipinski definition) is 1. The molecule has 0 unspecified atom stereocenters. The van der Waals surface area contributed by atoms with Crippen molar-refractivity contribution in [2.75, 3.05) is 36.9 Å².